The van der Waals surface area contributed by atoms with Crippen LogP contribution in [-0.4, -0.2) is 26.2 Å². The lowest BCUT2D eigenvalue weighted by Gasteiger charge is -2.08. The molecule has 108 valence electrons. The van der Waals surface area contributed by atoms with E-state index in [1.54, 1.807) is 0 Å². The zero-order chi connectivity index (χ0) is 14.7. The molecule has 1 aromatic carbocycles. The minimum absolute atomic E-state index is 0.0926. The summed E-state index contributed by atoms with van der Waals surface area (Å²) in [6, 6.07) is 2.68. The lowest BCUT2D eigenvalue weighted by atomic mass is 10.3. The highest BCUT2D eigenvalue weighted by molar-refractivity contribution is 8.00. The summed E-state index contributed by atoms with van der Waals surface area (Å²) in [5.74, 6) is -1.32. The highest BCUT2D eigenvalue weighted by Gasteiger charge is 2.27. The Kier molecular flexibility index (Phi) is 5.04. The number of sulfonamides is 1. The number of benzene rings is 1. The highest BCUT2D eigenvalue weighted by Crippen LogP contribution is 2.29. The highest BCUT2D eigenvalue weighted by atomic mass is 32.2. The van der Waals surface area contributed by atoms with Crippen molar-refractivity contribution in [1.82, 2.24) is 4.72 Å². The maximum absolute atomic E-state index is 13.0. The average Bonchev–Trinajstić information content (AvgIpc) is 2.22. The predicted octanol–water partition coefficient (Wildman–Crippen LogP) is 1.94. The fourth-order valence-electron chi connectivity index (χ4n) is 1.17. The van der Waals surface area contributed by atoms with Crippen LogP contribution in [0.25, 0.3) is 0 Å². The van der Waals surface area contributed by atoms with Gasteiger partial charge in [0.05, 0.1) is 4.90 Å². The van der Waals surface area contributed by atoms with Gasteiger partial charge in [-0.1, -0.05) is 0 Å². The fraction of sp³-hybridized carbons (Fsp3) is 0.333. The van der Waals surface area contributed by atoms with Crippen LogP contribution in [-0.2, 0) is 10.0 Å². The molecule has 3 N–H and O–H groups in total. The normalized spacial score (nSPS) is 12.6. The van der Waals surface area contributed by atoms with Crippen LogP contribution in [0.15, 0.2) is 23.1 Å². The molecule has 0 amide bonds. The minimum Gasteiger partial charge on any atom is -0.399 e. The van der Waals surface area contributed by atoms with Crippen molar-refractivity contribution in [3.63, 3.8) is 0 Å². The van der Waals surface area contributed by atoms with Gasteiger partial charge in [-0.05, 0) is 30.0 Å². The molecule has 4 nitrogen and oxygen atoms in total. The number of rotatable bonds is 5. The number of nitrogens with one attached hydrogen (secondary N) is 1. The second kappa shape index (κ2) is 5.97. The van der Waals surface area contributed by atoms with Gasteiger partial charge in [-0.3, -0.25) is 0 Å². The van der Waals surface area contributed by atoms with Crippen molar-refractivity contribution in [3.05, 3.63) is 24.0 Å². The van der Waals surface area contributed by atoms with E-state index in [-0.39, 0.29) is 17.4 Å². The average molecular weight is 318 g/mol. The van der Waals surface area contributed by atoms with E-state index in [4.69, 9.17) is 5.73 Å². The molecule has 10 heteroatoms. The summed E-state index contributed by atoms with van der Waals surface area (Å²) in [5.41, 5.74) is 0.768. The van der Waals surface area contributed by atoms with Crippen molar-refractivity contribution >= 4 is 27.5 Å². The van der Waals surface area contributed by atoms with Crippen molar-refractivity contribution in [2.45, 2.75) is 10.4 Å². The van der Waals surface area contributed by atoms with Gasteiger partial charge in [0.25, 0.3) is 0 Å². The molecule has 0 aromatic heterocycles. The zero-order valence-electron chi connectivity index (χ0n) is 9.37. The number of thioether (sulfide) groups is 1. The molecule has 0 aliphatic carbocycles. The zero-order valence-corrected chi connectivity index (χ0v) is 11.0. The van der Waals surface area contributed by atoms with E-state index in [1.807, 2.05) is 4.72 Å². The standard InChI is InChI=1S/C9H10F4N2O2S2/c10-6-3-7(14)5-8(4-6)19(16,17)15-1-2-18-9(11,12)13/h3-5,15H,1-2,14H2. The first-order chi connectivity index (χ1) is 8.60. The Morgan fingerprint density at radius 3 is 2.42 bits per heavy atom. The molecule has 1 rings (SSSR count). The molecule has 0 atom stereocenters. The first-order valence-electron chi connectivity index (χ1n) is 4.86. The van der Waals surface area contributed by atoms with Crippen LogP contribution in [0.3, 0.4) is 0 Å². The van der Waals surface area contributed by atoms with Crippen LogP contribution in [0.1, 0.15) is 0 Å². The summed E-state index contributed by atoms with van der Waals surface area (Å²) >= 11 is -0.350. The van der Waals surface area contributed by atoms with Gasteiger partial charge in [0, 0.05) is 18.0 Å². The maximum Gasteiger partial charge on any atom is 0.441 e. The molecular weight excluding hydrogens is 308 g/mol. The molecule has 0 aliphatic heterocycles. The van der Waals surface area contributed by atoms with Crippen LogP contribution in [0.5, 0.6) is 0 Å². The molecule has 1 aromatic rings. The molecule has 0 bridgehead atoms. The number of alkyl halides is 3. The molecule has 0 saturated heterocycles. The molecule has 19 heavy (non-hydrogen) atoms. The van der Waals surface area contributed by atoms with Crippen LogP contribution in [0.2, 0.25) is 0 Å². The van der Waals surface area contributed by atoms with Crippen molar-refractivity contribution in [3.8, 4) is 0 Å². The second-order valence-corrected chi connectivity index (χ2v) is 6.34. The molecule has 0 radical (unpaired) electrons. The van der Waals surface area contributed by atoms with Gasteiger partial charge in [0.2, 0.25) is 10.0 Å². The number of nitrogen functional groups attached to an aromatic ring is 1. The molecule has 0 spiro atoms. The number of nitrogens with two attached hydrogens (primary N) is 1. The molecule has 0 aliphatic rings. The van der Waals surface area contributed by atoms with E-state index in [9.17, 15) is 26.0 Å². The van der Waals surface area contributed by atoms with E-state index in [1.165, 1.54) is 0 Å². The summed E-state index contributed by atoms with van der Waals surface area (Å²) in [5, 5.41) is 0. The summed E-state index contributed by atoms with van der Waals surface area (Å²) in [6.45, 7) is -0.428. The summed E-state index contributed by atoms with van der Waals surface area (Å²) in [6.07, 6.45) is 0. The van der Waals surface area contributed by atoms with E-state index in [0.717, 1.165) is 18.2 Å². The van der Waals surface area contributed by atoms with E-state index in [2.05, 4.69) is 0 Å². The third kappa shape index (κ3) is 5.66. The van der Waals surface area contributed by atoms with E-state index < -0.39 is 38.5 Å². The lowest BCUT2D eigenvalue weighted by Crippen LogP contribution is -2.27. The number of hydrogen-bond donors (Lipinski definition) is 2. The van der Waals surface area contributed by atoms with Crippen LogP contribution >= 0.6 is 11.8 Å². The molecular formula is C9H10F4N2O2S2. The number of hydrogen-bond acceptors (Lipinski definition) is 4. The third-order valence-electron chi connectivity index (χ3n) is 1.86. The van der Waals surface area contributed by atoms with Gasteiger partial charge in [-0.2, -0.15) is 13.2 Å². The maximum atomic E-state index is 13.0. The third-order valence-corrected chi connectivity index (χ3v) is 4.04. The van der Waals surface area contributed by atoms with Crippen molar-refractivity contribution in [1.29, 1.82) is 0 Å². The second-order valence-electron chi connectivity index (χ2n) is 3.41. The summed E-state index contributed by atoms with van der Waals surface area (Å²) < 4.78 is 73.7. The van der Waals surface area contributed by atoms with Gasteiger partial charge < -0.3 is 5.73 Å². The fourth-order valence-corrected chi connectivity index (χ4v) is 2.83. The van der Waals surface area contributed by atoms with E-state index in [0.29, 0.717) is 0 Å². The van der Waals surface area contributed by atoms with Crippen molar-refractivity contribution in [2.75, 3.05) is 18.0 Å². The molecule has 0 heterocycles. The molecule has 0 fully saturated rings. The van der Waals surface area contributed by atoms with Gasteiger partial charge in [0.1, 0.15) is 5.82 Å². The first kappa shape index (κ1) is 16.1. The topological polar surface area (TPSA) is 72.2 Å². The quantitative estimate of drug-likeness (QED) is 0.494. The first-order valence-corrected chi connectivity index (χ1v) is 7.33. The van der Waals surface area contributed by atoms with Gasteiger partial charge in [-0.15, -0.1) is 0 Å². The lowest BCUT2D eigenvalue weighted by molar-refractivity contribution is -0.0327. The predicted molar refractivity (Wildman–Crippen MR) is 64.5 cm³/mol. The Labute approximate surface area is 111 Å². The van der Waals surface area contributed by atoms with E-state index >= 15 is 0 Å². The number of halogens is 4. The largest absolute Gasteiger partial charge is 0.441 e. The Balaban J connectivity index is 2.66. The SMILES string of the molecule is Nc1cc(F)cc(S(=O)(=O)NCCSC(F)(F)F)c1. The Bertz CT molecular complexity index is 525. The summed E-state index contributed by atoms with van der Waals surface area (Å²) in [4.78, 5) is -0.429. The molecule has 0 unspecified atom stereocenters. The van der Waals surface area contributed by atoms with Crippen molar-refractivity contribution in [2.24, 2.45) is 0 Å². The smallest absolute Gasteiger partial charge is 0.399 e. The van der Waals surface area contributed by atoms with Crippen LogP contribution in [0.4, 0.5) is 23.2 Å². The van der Waals surface area contributed by atoms with Crippen molar-refractivity contribution < 1.29 is 26.0 Å². The van der Waals surface area contributed by atoms with Crippen LogP contribution in [0, 0.1) is 5.82 Å². The van der Waals surface area contributed by atoms with Gasteiger partial charge >= 0.3 is 5.51 Å². The Morgan fingerprint density at radius 2 is 1.89 bits per heavy atom. The minimum atomic E-state index is -4.42. The Morgan fingerprint density at radius 1 is 1.26 bits per heavy atom. The number of anilines is 1. The van der Waals surface area contributed by atoms with Crippen LogP contribution < -0.4 is 10.5 Å². The molecule has 0 saturated carbocycles. The summed E-state index contributed by atoms with van der Waals surface area (Å²) in [7, 11) is -4.07. The monoisotopic (exact) mass is 318 g/mol. The van der Waals surface area contributed by atoms with Gasteiger partial charge in [-0.25, -0.2) is 17.5 Å². The van der Waals surface area contributed by atoms with Gasteiger partial charge in [0.15, 0.2) is 0 Å². The Hall–Kier alpha value is -1.00.